The molecule has 0 saturated carbocycles. The summed E-state index contributed by atoms with van der Waals surface area (Å²) in [6, 6.07) is 0. The number of hydrogen-bond acceptors (Lipinski definition) is 1. The molecule has 0 rings (SSSR count). The molecule has 0 amide bonds. The first kappa shape index (κ1) is 8.95. The highest BCUT2D eigenvalue weighted by Crippen LogP contribution is 2.05. The first-order valence-corrected chi connectivity index (χ1v) is 3.23. The molecule has 2 nitrogen and oxygen atoms in total. The zero-order valence-electron chi connectivity index (χ0n) is 6.13. The van der Waals surface area contributed by atoms with E-state index in [1.165, 1.54) is 0 Å². The highest BCUT2D eigenvalue weighted by atomic mass is 16.4. The van der Waals surface area contributed by atoms with Crippen molar-refractivity contribution in [1.82, 2.24) is 0 Å². The zero-order valence-corrected chi connectivity index (χ0v) is 6.13. The van der Waals surface area contributed by atoms with E-state index in [1.807, 2.05) is 6.92 Å². The topological polar surface area (TPSA) is 37.3 Å². The minimum Gasteiger partial charge on any atom is -0.481 e. The molecule has 0 aromatic rings. The molecule has 0 heterocycles. The van der Waals surface area contributed by atoms with Crippen LogP contribution in [0.15, 0.2) is 24.3 Å². The lowest BCUT2D eigenvalue weighted by atomic mass is 10.1. The molecule has 0 unspecified atom stereocenters. The number of carbonyl (C=O) groups is 1. The van der Waals surface area contributed by atoms with Gasteiger partial charge in [-0.1, -0.05) is 31.2 Å². The summed E-state index contributed by atoms with van der Waals surface area (Å²) in [4.78, 5) is 10.2. The van der Waals surface area contributed by atoms with E-state index in [2.05, 4.69) is 6.58 Å². The normalized spacial score (nSPS) is 11.1. The predicted octanol–water partition coefficient (Wildman–Crippen LogP) is 1.98. The Morgan fingerprint density at radius 2 is 2.30 bits per heavy atom. The number of carboxylic acids is 1. The van der Waals surface area contributed by atoms with Crippen molar-refractivity contribution in [3.05, 3.63) is 24.3 Å². The largest absolute Gasteiger partial charge is 0.481 e. The van der Waals surface area contributed by atoms with Crippen LogP contribution in [0.2, 0.25) is 0 Å². The van der Waals surface area contributed by atoms with Crippen molar-refractivity contribution in [2.24, 2.45) is 0 Å². The number of carboxylic acid groups (broad SMARTS) is 1. The maximum atomic E-state index is 10.2. The highest BCUT2D eigenvalue weighted by Gasteiger charge is 1.98. The quantitative estimate of drug-likeness (QED) is 0.606. The van der Waals surface area contributed by atoms with Gasteiger partial charge in [0.25, 0.3) is 0 Å². The van der Waals surface area contributed by atoms with Gasteiger partial charge in [-0.15, -0.1) is 0 Å². The lowest BCUT2D eigenvalue weighted by Gasteiger charge is -1.96. The molecule has 0 aromatic carbocycles. The molecule has 0 aliphatic heterocycles. The maximum absolute atomic E-state index is 10.2. The Morgan fingerprint density at radius 3 is 2.60 bits per heavy atom. The molecule has 0 saturated heterocycles. The van der Waals surface area contributed by atoms with Gasteiger partial charge in [0.2, 0.25) is 0 Å². The van der Waals surface area contributed by atoms with Gasteiger partial charge in [0.1, 0.15) is 0 Å². The first-order valence-electron chi connectivity index (χ1n) is 3.23. The van der Waals surface area contributed by atoms with Gasteiger partial charge >= 0.3 is 5.97 Å². The lowest BCUT2D eigenvalue weighted by Crippen LogP contribution is -1.95. The third-order valence-corrected chi connectivity index (χ3v) is 1.19. The van der Waals surface area contributed by atoms with Gasteiger partial charge in [-0.3, -0.25) is 4.79 Å². The Labute approximate surface area is 60.9 Å². The van der Waals surface area contributed by atoms with Crippen LogP contribution in [-0.4, -0.2) is 11.1 Å². The second-order valence-corrected chi connectivity index (χ2v) is 1.98. The molecule has 0 atom stereocenters. The SMILES string of the molecule is C=CC=C(CC)CC(=O)O. The van der Waals surface area contributed by atoms with Gasteiger partial charge in [0.15, 0.2) is 0 Å². The molecule has 0 radical (unpaired) electrons. The third-order valence-electron chi connectivity index (χ3n) is 1.19. The van der Waals surface area contributed by atoms with E-state index in [0.717, 1.165) is 12.0 Å². The van der Waals surface area contributed by atoms with Crippen LogP contribution in [0, 0.1) is 0 Å². The Balaban J connectivity index is 3.95. The van der Waals surface area contributed by atoms with E-state index in [9.17, 15) is 4.79 Å². The molecule has 0 spiro atoms. The average Bonchev–Trinajstić information content (AvgIpc) is 1.86. The lowest BCUT2D eigenvalue weighted by molar-refractivity contribution is -0.136. The van der Waals surface area contributed by atoms with Crippen LogP contribution < -0.4 is 0 Å². The number of hydrogen-bond donors (Lipinski definition) is 1. The van der Waals surface area contributed by atoms with Gasteiger partial charge in [0, 0.05) is 0 Å². The Morgan fingerprint density at radius 1 is 1.70 bits per heavy atom. The Hall–Kier alpha value is -1.05. The number of aliphatic carboxylic acids is 1. The van der Waals surface area contributed by atoms with E-state index >= 15 is 0 Å². The molecule has 0 aliphatic carbocycles. The van der Waals surface area contributed by atoms with Crippen LogP contribution in [-0.2, 0) is 4.79 Å². The summed E-state index contributed by atoms with van der Waals surface area (Å²) in [5.74, 6) is -0.782. The molecule has 0 aliphatic rings. The van der Waals surface area contributed by atoms with E-state index in [4.69, 9.17) is 5.11 Å². The summed E-state index contributed by atoms with van der Waals surface area (Å²) in [6.45, 7) is 5.42. The molecule has 0 fully saturated rings. The van der Waals surface area contributed by atoms with E-state index in [1.54, 1.807) is 12.2 Å². The smallest absolute Gasteiger partial charge is 0.307 e. The van der Waals surface area contributed by atoms with Crippen molar-refractivity contribution < 1.29 is 9.90 Å². The molecular formula is C8H12O2. The summed E-state index contributed by atoms with van der Waals surface area (Å²) in [5.41, 5.74) is 0.905. The summed E-state index contributed by atoms with van der Waals surface area (Å²) in [6.07, 6.45) is 4.26. The van der Waals surface area contributed by atoms with E-state index < -0.39 is 5.97 Å². The van der Waals surface area contributed by atoms with Crippen molar-refractivity contribution in [2.45, 2.75) is 19.8 Å². The monoisotopic (exact) mass is 140 g/mol. The second kappa shape index (κ2) is 4.79. The Bertz CT molecular complexity index is 157. The maximum Gasteiger partial charge on any atom is 0.307 e. The second-order valence-electron chi connectivity index (χ2n) is 1.98. The fraction of sp³-hybridized carbons (Fsp3) is 0.375. The molecule has 0 bridgehead atoms. The molecule has 2 heteroatoms. The fourth-order valence-electron chi connectivity index (χ4n) is 0.663. The molecule has 10 heavy (non-hydrogen) atoms. The minimum atomic E-state index is -0.782. The summed E-state index contributed by atoms with van der Waals surface area (Å²) in [7, 11) is 0. The molecule has 1 N–H and O–H groups in total. The number of rotatable bonds is 4. The fourth-order valence-corrected chi connectivity index (χ4v) is 0.663. The van der Waals surface area contributed by atoms with Gasteiger partial charge in [0.05, 0.1) is 6.42 Å². The van der Waals surface area contributed by atoms with Crippen LogP contribution in [0.1, 0.15) is 19.8 Å². The third kappa shape index (κ3) is 3.89. The van der Waals surface area contributed by atoms with Crippen LogP contribution in [0.25, 0.3) is 0 Å². The zero-order chi connectivity index (χ0) is 7.98. The van der Waals surface area contributed by atoms with Gasteiger partial charge < -0.3 is 5.11 Å². The Kier molecular flexibility index (Phi) is 4.29. The van der Waals surface area contributed by atoms with E-state index in [0.29, 0.717) is 0 Å². The summed E-state index contributed by atoms with van der Waals surface area (Å²) < 4.78 is 0. The van der Waals surface area contributed by atoms with Gasteiger partial charge in [-0.2, -0.15) is 0 Å². The molecular weight excluding hydrogens is 128 g/mol. The molecule has 56 valence electrons. The van der Waals surface area contributed by atoms with Crippen molar-refractivity contribution >= 4 is 5.97 Å². The standard InChI is InChI=1S/C8H12O2/c1-3-5-7(4-2)6-8(9)10/h3,5H,1,4,6H2,2H3,(H,9,10). The van der Waals surface area contributed by atoms with Crippen LogP contribution in [0.4, 0.5) is 0 Å². The highest BCUT2D eigenvalue weighted by molar-refractivity contribution is 5.70. The van der Waals surface area contributed by atoms with Crippen molar-refractivity contribution in [1.29, 1.82) is 0 Å². The van der Waals surface area contributed by atoms with Gasteiger partial charge in [-0.25, -0.2) is 0 Å². The summed E-state index contributed by atoms with van der Waals surface area (Å²) in [5, 5.41) is 8.37. The first-order chi connectivity index (χ1) is 4.70. The average molecular weight is 140 g/mol. The van der Waals surface area contributed by atoms with Crippen LogP contribution >= 0.6 is 0 Å². The number of allylic oxidation sites excluding steroid dienone is 2. The van der Waals surface area contributed by atoms with Crippen LogP contribution in [0.3, 0.4) is 0 Å². The van der Waals surface area contributed by atoms with Gasteiger partial charge in [-0.05, 0) is 6.42 Å². The van der Waals surface area contributed by atoms with Crippen molar-refractivity contribution in [2.75, 3.05) is 0 Å². The van der Waals surface area contributed by atoms with Crippen LogP contribution in [0.5, 0.6) is 0 Å². The minimum absolute atomic E-state index is 0.127. The predicted molar refractivity (Wildman–Crippen MR) is 40.8 cm³/mol. The van der Waals surface area contributed by atoms with Crippen molar-refractivity contribution in [3.63, 3.8) is 0 Å². The summed E-state index contributed by atoms with van der Waals surface area (Å²) >= 11 is 0. The molecule has 0 aromatic heterocycles. The van der Waals surface area contributed by atoms with E-state index in [-0.39, 0.29) is 6.42 Å². The van der Waals surface area contributed by atoms with Crippen molar-refractivity contribution in [3.8, 4) is 0 Å².